The molecule has 1 aliphatic heterocycles. The molecule has 1 aliphatic rings. The van der Waals surface area contributed by atoms with Crippen LogP contribution in [0.25, 0.3) is 5.57 Å². The third-order valence-electron chi connectivity index (χ3n) is 5.88. The van der Waals surface area contributed by atoms with Crippen LogP contribution in [0.1, 0.15) is 56.0 Å². The van der Waals surface area contributed by atoms with Crippen molar-refractivity contribution < 1.29 is 8.78 Å². The van der Waals surface area contributed by atoms with Crippen LogP contribution in [0.4, 0.5) is 8.78 Å². The lowest BCUT2D eigenvalue weighted by Crippen LogP contribution is -2.25. The quantitative estimate of drug-likeness (QED) is 0.362. The average molecular weight is 496 g/mol. The van der Waals surface area contributed by atoms with E-state index < -0.39 is 11.5 Å². The molecule has 0 saturated heterocycles. The smallest absolute Gasteiger partial charge is 0.149 e. The first-order valence-corrected chi connectivity index (χ1v) is 11.9. The average Bonchev–Trinajstić information content (AvgIpc) is 3.43. The van der Waals surface area contributed by atoms with Gasteiger partial charge in [-0.2, -0.15) is 9.89 Å². The van der Waals surface area contributed by atoms with Gasteiger partial charge in [0.1, 0.15) is 17.2 Å². The van der Waals surface area contributed by atoms with Gasteiger partial charge in [-0.3, -0.25) is 9.98 Å². The molecule has 0 amide bonds. The van der Waals surface area contributed by atoms with E-state index in [-0.39, 0.29) is 17.1 Å². The highest BCUT2D eigenvalue weighted by Gasteiger charge is 2.34. The Morgan fingerprint density at radius 2 is 1.97 bits per heavy atom. The fourth-order valence-corrected chi connectivity index (χ4v) is 4.60. The van der Waals surface area contributed by atoms with Gasteiger partial charge in [0.15, 0.2) is 0 Å². The van der Waals surface area contributed by atoms with Gasteiger partial charge in [-0.1, -0.05) is 37.6 Å². The Bertz CT molecular complexity index is 1280. The molecule has 0 radical (unpaired) electrons. The van der Waals surface area contributed by atoms with Crippen LogP contribution in [-0.2, 0) is 12.2 Å². The van der Waals surface area contributed by atoms with Crippen molar-refractivity contribution in [2.45, 2.75) is 45.8 Å². The van der Waals surface area contributed by atoms with Gasteiger partial charge in [-0.15, -0.1) is 0 Å². The van der Waals surface area contributed by atoms with Gasteiger partial charge in [0, 0.05) is 23.5 Å². The molecule has 0 aliphatic carbocycles. The second-order valence-corrected chi connectivity index (χ2v) is 9.36. The topological polar surface area (TPSA) is 55.1 Å². The number of aliphatic imine (C=N–C) groups is 1. The van der Waals surface area contributed by atoms with Crippen molar-refractivity contribution in [3.63, 3.8) is 0 Å². The Labute approximate surface area is 209 Å². The summed E-state index contributed by atoms with van der Waals surface area (Å²) >= 11 is 6.39. The Morgan fingerprint density at radius 1 is 1.23 bits per heavy atom. The zero-order valence-electron chi connectivity index (χ0n) is 20.1. The fourth-order valence-electron chi connectivity index (χ4n) is 4.34. The molecule has 5 nitrogen and oxygen atoms in total. The molecular formula is C27H28ClF2N5. The van der Waals surface area contributed by atoms with Gasteiger partial charge in [-0.25, -0.2) is 8.78 Å². The zero-order chi connectivity index (χ0) is 25.2. The van der Waals surface area contributed by atoms with Crippen LogP contribution in [0.2, 0.25) is 5.02 Å². The molecule has 3 aromatic rings. The van der Waals surface area contributed by atoms with Gasteiger partial charge in [0.25, 0.3) is 0 Å². The van der Waals surface area contributed by atoms with Crippen LogP contribution in [-0.4, -0.2) is 27.1 Å². The minimum Gasteiger partial charge on any atom is -0.305 e. The normalized spacial score (nSPS) is 13.8. The van der Waals surface area contributed by atoms with Crippen molar-refractivity contribution >= 4 is 22.9 Å². The van der Waals surface area contributed by atoms with Crippen molar-refractivity contribution in [3.05, 3.63) is 99.9 Å². The first-order chi connectivity index (χ1) is 16.7. The number of pyridine rings is 1. The number of nitrogens with zero attached hydrogens (tertiary/aromatic N) is 4. The van der Waals surface area contributed by atoms with Gasteiger partial charge in [0.05, 0.1) is 35.6 Å². The summed E-state index contributed by atoms with van der Waals surface area (Å²) in [6, 6.07) is 8.31. The number of benzene rings is 1. The second kappa shape index (κ2) is 10.1. The molecule has 0 bridgehead atoms. The standard InChI is InChI=1S/C27H28ClF2N5/c1-5-7-17(2)23-19(15-32-25(23)24-21(28)8-6-9-22(24)29)20-16-34-35(26(20)27(3,4)30)33-14-18-10-12-31-13-11-18/h6,8-13,16,33H,2,5,7,14-15H2,1,3-4H3. The molecule has 0 spiro atoms. The van der Waals surface area contributed by atoms with E-state index in [0.29, 0.717) is 35.5 Å². The highest BCUT2D eigenvalue weighted by molar-refractivity contribution is 6.36. The minimum atomic E-state index is -1.72. The summed E-state index contributed by atoms with van der Waals surface area (Å²) < 4.78 is 30.5. The molecule has 3 heterocycles. The number of halogens is 3. The maximum absolute atomic E-state index is 15.6. The van der Waals surface area contributed by atoms with Gasteiger partial charge in [-0.05, 0) is 61.2 Å². The van der Waals surface area contributed by atoms with Crippen LogP contribution >= 0.6 is 11.6 Å². The monoisotopic (exact) mass is 495 g/mol. The lowest BCUT2D eigenvalue weighted by molar-refractivity contribution is 0.206. The molecule has 1 aromatic carbocycles. The molecule has 2 aromatic heterocycles. The number of aromatic nitrogens is 3. The number of alkyl halides is 1. The molecule has 4 rings (SSSR count). The van der Waals surface area contributed by atoms with Crippen molar-refractivity contribution in [2.24, 2.45) is 4.99 Å². The van der Waals surface area contributed by atoms with Gasteiger partial charge in [0.2, 0.25) is 0 Å². The zero-order valence-corrected chi connectivity index (χ0v) is 20.8. The number of nitrogens with one attached hydrogen (secondary N) is 1. The molecule has 8 heteroatoms. The summed E-state index contributed by atoms with van der Waals surface area (Å²) in [5.74, 6) is -0.458. The Kier molecular flexibility index (Phi) is 7.17. The molecular weight excluding hydrogens is 468 g/mol. The molecule has 1 N–H and O–H groups in total. The van der Waals surface area contributed by atoms with E-state index in [4.69, 9.17) is 11.6 Å². The summed E-state index contributed by atoms with van der Waals surface area (Å²) in [5, 5.41) is 4.72. The number of rotatable bonds is 9. The first-order valence-electron chi connectivity index (χ1n) is 11.5. The van der Waals surface area contributed by atoms with Crippen LogP contribution < -0.4 is 5.43 Å². The maximum Gasteiger partial charge on any atom is 0.149 e. The number of allylic oxidation sites excluding steroid dienone is 2. The predicted octanol–water partition coefficient (Wildman–Crippen LogP) is 6.63. The lowest BCUT2D eigenvalue weighted by Gasteiger charge is -2.21. The molecule has 35 heavy (non-hydrogen) atoms. The molecule has 0 saturated carbocycles. The minimum absolute atomic E-state index is 0.237. The SMILES string of the molecule is C=C(CCC)C1=C(c2cnn(NCc3ccncc3)c2C(C)(C)F)CN=C1c1c(F)cccc1Cl. The van der Waals surface area contributed by atoms with Crippen molar-refractivity contribution in [1.82, 2.24) is 14.9 Å². The first kappa shape index (κ1) is 24.8. The largest absolute Gasteiger partial charge is 0.305 e. The second-order valence-electron chi connectivity index (χ2n) is 8.95. The third-order valence-corrected chi connectivity index (χ3v) is 6.19. The van der Waals surface area contributed by atoms with E-state index >= 15 is 4.39 Å². The van der Waals surface area contributed by atoms with Crippen molar-refractivity contribution in [3.8, 4) is 0 Å². The molecule has 182 valence electrons. The van der Waals surface area contributed by atoms with E-state index in [1.807, 2.05) is 19.1 Å². The van der Waals surface area contributed by atoms with E-state index in [0.717, 1.165) is 23.1 Å². The van der Waals surface area contributed by atoms with Gasteiger partial charge >= 0.3 is 0 Å². The van der Waals surface area contributed by atoms with E-state index in [1.54, 1.807) is 30.7 Å². The number of hydrogen-bond acceptors (Lipinski definition) is 4. The summed E-state index contributed by atoms with van der Waals surface area (Å²) in [7, 11) is 0. The van der Waals surface area contributed by atoms with Crippen molar-refractivity contribution in [2.75, 3.05) is 12.0 Å². The van der Waals surface area contributed by atoms with Crippen LogP contribution in [0.15, 0.2) is 71.6 Å². The van der Waals surface area contributed by atoms with E-state index in [9.17, 15) is 4.39 Å². The number of hydrogen-bond donors (Lipinski definition) is 1. The highest BCUT2D eigenvalue weighted by atomic mass is 35.5. The van der Waals surface area contributed by atoms with E-state index in [2.05, 4.69) is 27.1 Å². The molecule has 0 atom stereocenters. The molecule has 0 unspecified atom stereocenters. The van der Waals surface area contributed by atoms with Gasteiger partial charge < -0.3 is 5.43 Å². The Balaban J connectivity index is 1.82. The maximum atomic E-state index is 15.6. The van der Waals surface area contributed by atoms with Crippen LogP contribution in [0, 0.1) is 5.82 Å². The Hall–Kier alpha value is -3.32. The summed E-state index contributed by atoms with van der Waals surface area (Å²) in [4.78, 5) is 10.2. The summed E-state index contributed by atoms with van der Waals surface area (Å²) in [5.41, 5.74) is 6.37. The third kappa shape index (κ3) is 5.05. The lowest BCUT2D eigenvalue weighted by atomic mass is 9.88. The summed E-state index contributed by atoms with van der Waals surface area (Å²) in [6.07, 6.45) is 6.57. The fraction of sp³-hybridized carbons (Fsp3) is 0.296. The Morgan fingerprint density at radius 3 is 2.63 bits per heavy atom. The summed E-state index contributed by atoms with van der Waals surface area (Å²) in [6.45, 7) is 9.98. The predicted molar refractivity (Wildman–Crippen MR) is 137 cm³/mol. The van der Waals surface area contributed by atoms with E-state index in [1.165, 1.54) is 24.7 Å². The molecule has 0 fully saturated rings. The van der Waals surface area contributed by atoms with Crippen molar-refractivity contribution in [1.29, 1.82) is 0 Å². The van der Waals surface area contributed by atoms with Crippen LogP contribution in [0.5, 0.6) is 0 Å². The highest BCUT2D eigenvalue weighted by Crippen LogP contribution is 2.40. The van der Waals surface area contributed by atoms with Crippen LogP contribution in [0.3, 0.4) is 0 Å².